The molecule has 0 amide bonds. The number of aryl methyl sites for hydroxylation is 1. The third-order valence-electron chi connectivity index (χ3n) is 4.06. The van der Waals surface area contributed by atoms with Crippen LogP contribution >= 0.6 is 0 Å². The monoisotopic (exact) mass is 483 g/mol. The second kappa shape index (κ2) is 20.1. The predicted molar refractivity (Wildman–Crippen MR) is 100.0 cm³/mol. The van der Waals surface area contributed by atoms with Gasteiger partial charge in [-0.1, -0.05) is 62.9 Å². The van der Waals surface area contributed by atoms with Gasteiger partial charge in [-0.15, -0.1) is 0 Å². The Morgan fingerprint density at radius 1 is 1.03 bits per heavy atom. The Morgan fingerprint density at radius 2 is 1.48 bits per heavy atom. The standard InChI is InChI=1S/C19H26F3O2.3CO.Fe/c1-5-24-17(23)15(13-19(20,21)22)16(18(2,3)4)12-11-14-9-7-6-8-10-14;3*1-2;/h6-10,13,15-16H,5,11-12H2,1-4H3;;;;/q-1;;;;+2/t15-,16?;;;;/m0..../s1. The molecule has 0 heterocycles. The van der Waals surface area contributed by atoms with Crippen molar-refractivity contribution in [1.29, 1.82) is 0 Å². The Kier molecular flexibility index (Phi) is 23.8. The van der Waals surface area contributed by atoms with Crippen LogP contribution in [0.3, 0.4) is 0 Å². The van der Waals surface area contributed by atoms with E-state index in [0.29, 0.717) is 12.8 Å². The van der Waals surface area contributed by atoms with E-state index in [1.165, 1.54) is 0 Å². The average Bonchev–Trinajstić information content (AvgIpc) is 2.71. The van der Waals surface area contributed by atoms with Gasteiger partial charge >= 0.3 is 51.0 Å². The van der Waals surface area contributed by atoms with Gasteiger partial charge < -0.3 is 4.74 Å². The maximum atomic E-state index is 13.0. The molecule has 0 bridgehead atoms. The quantitative estimate of drug-likeness (QED) is 0.234. The zero-order valence-electron chi connectivity index (χ0n) is 17.8. The molecular weight excluding hydrogens is 457 g/mol. The van der Waals surface area contributed by atoms with Crippen molar-refractivity contribution < 1.29 is 53.7 Å². The fourth-order valence-electron chi connectivity index (χ4n) is 2.91. The molecule has 1 rings (SSSR count). The summed E-state index contributed by atoms with van der Waals surface area (Å²) in [5.41, 5.74) is 0.579. The molecule has 31 heavy (non-hydrogen) atoms. The molecule has 0 aliphatic rings. The Hall–Kier alpha value is -1.78. The Bertz CT molecular complexity index is 620. The molecule has 0 fully saturated rings. The number of benzene rings is 1. The van der Waals surface area contributed by atoms with Gasteiger partial charge in [0.25, 0.3) is 12.1 Å². The fraction of sp³-hybridized carbons (Fsp3) is 0.500. The van der Waals surface area contributed by atoms with Crippen molar-refractivity contribution >= 4 is 5.97 Å². The van der Waals surface area contributed by atoms with E-state index >= 15 is 0 Å². The van der Waals surface area contributed by atoms with Crippen molar-refractivity contribution in [2.24, 2.45) is 17.3 Å². The molecule has 172 valence electrons. The van der Waals surface area contributed by atoms with Crippen LogP contribution in [0.15, 0.2) is 30.3 Å². The van der Waals surface area contributed by atoms with Crippen LogP contribution in [-0.2, 0) is 47.0 Å². The maximum Gasteiger partial charge on any atom is 2.00 e. The molecule has 1 aromatic rings. The minimum absolute atomic E-state index is 0. The van der Waals surface area contributed by atoms with Crippen LogP contribution in [0.2, 0.25) is 0 Å². The number of hydrogen-bond acceptors (Lipinski definition) is 2. The summed E-state index contributed by atoms with van der Waals surface area (Å²) in [6.07, 6.45) is -3.24. The first-order chi connectivity index (χ1) is 14.0. The van der Waals surface area contributed by atoms with E-state index < -0.39 is 29.4 Å². The largest absolute Gasteiger partial charge is 2.00 e. The van der Waals surface area contributed by atoms with E-state index in [4.69, 9.17) is 18.7 Å². The zero-order chi connectivity index (χ0) is 24.4. The first-order valence-electron chi connectivity index (χ1n) is 8.79. The van der Waals surface area contributed by atoms with Gasteiger partial charge in [-0.2, -0.15) is 0 Å². The van der Waals surface area contributed by atoms with Gasteiger partial charge in [-0.3, -0.25) is 4.79 Å². The normalized spacial score (nSPS) is 11.8. The molecule has 0 aliphatic carbocycles. The number of carbonyl (C=O) groups is 1. The van der Waals surface area contributed by atoms with Crippen molar-refractivity contribution in [3.63, 3.8) is 0 Å². The number of ether oxygens (including phenoxy) is 1. The van der Waals surface area contributed by atoms with Gasteiger partial charge in [0.05, 0.1) is 6.61 Å². The van der Waals surface area contributed by atoms with Crippen molar-refractivity contribution in [2.75, 3.05) is 6.61 Å². The summed E-state index contributed by atoms with van der Waals surface area (Å²) >= 11 is 0. The molecule has 0 saturated heterocycles. The van der Waals surface area contributed by atoms with Gasteiger partial charge in [0, 0.05) is 0 Å². The first-order valence-corrected chi connectivity index (χ1v) is 8.79. The van der Waals surface area contributed by atoms with Crippen molar-refractivity contribution in [3.05, 3.63) is 62.3 Å². The number of halogens is 3. The van der Waals surface area contributed by atoms with Crippen LogP contribution in [-0.4, -0.2) is 18.8 Å². The fourth-order valence-corrected chi connectivity index (χ4v) is 2.91. The Balaban J connectivity index is -0.000000477. The van der Waals surface area contributed by atoms with Crippen LogP contribution in [0, 0.1) is 43.6 Å². The van der Waals surface area contributed by atoms with Gasteiger partial charge in [-0.05, 0) is 30.7 Å². The van der Waals surface area contributed by atoms with Crippen LogP contribution in [0.1, 0.15) is 39.7 Å². The third kappa shape index (κ3) is 17.6. The molecule has 0 spiro atoms. The van der Waals surface area contributed by atoms with E-state index in [2.05, 4.69) is 20.0 Å². The summed E-state index contributed by atoms with van der Waals surface area (Å²) in [6.45, 7) is 20.7. The summed E-state index contributed by atoms with van der Waals surface area (Å²) in [7, 11) is 0. The Labute approximate surface area is 192 Å². The SMILES string of the molecule is CCOC(=O)[C@@H]([CH-]C(F)(F)F)C(CCc1ccccc1)C(C)(C)C.[C-]#[O+].[C-]#[O+].[C-]#[O+].[Fe+2]. The summed E-state index contributed by atoms with van der Waals surface area (Å²) in [4.78, 5) is 12.2. The van der Waals surface area contributed by atoms with Gasteiger partial charge in [0.15, 0.2) is 0 Å². The molecule has 1 unspecified atom stereocenters. The summed E-state index contributed by atoms with van der Waals surface area (Å²) in [5, 5.41) is 0. The number of alkyl halides is 3. The molecule has 0 aliphatic heterocycles. The van der Waals surface area contributed by atoms with Crippen molar-refractivity contribution in [3.8, 4) is 0 Å². The van der Waals surface area contributed by atoms with Crippen LogP contribution in [0.4, 0.5) is 13.2 Å². The molecule has 5 nitrogen and oxygen atoms in total. The molecule has 0 N–H and O–H groups in total. The second-order valence-corrected chi connectivity index (χ2v) is 6.98. The minimum atomic E-state index is -4.52. The summed E-state index contributed by atoms with van der Waals surface area (Å²) in [6, 6.07) is 9.56. The first kappa shape index (κ1) is 36.6. The van der Waals surface area contributed by atoms with Crippen LogP contribution < -0.4 is 0 Å². The minimum Gasteiger partial charge on any atom is 2.00 e. The number of hydrogen-bond donors (Lipinski definition) is 0. The maximum absolute atomic E-state index is 13.0. The molecule has 9 heteroatoms. The van der Waals surface area contributed by atoms with Crippen molar-refractivity contribution in [2.45, 2.75) is 46.7 Å². The number of rotatable bonds is 7. The molecule has 2 atom stereocenters. The molecule has 1 aromatic carbocycles. The van der Waals surface area contributed by atoms with E-state index in [0.717, 1.165) is 5.56 Å². The van der Waals surface area contributed by atoms with Gasteiger partial charge in [-0.25, -0.2) is 19.6 Å². The van der Waals surface area contributed by atoms with E-state index in [1.54, 1.807) is 6.92 Å². The van der Waals surface area contributed by atoms with Gasteiger partial charge in [0.2, 0.25) is 0 Å². The molecular formula is C22H26F3FeO5+. The van der Waals surface area contributed by atoms with E-state index in [9.17, 15) is 18.0 Å². The van der Waals surface area contributed by atoms with Crippen molar-refractivity contribution in [1.82, 2.24) is 0 Å². The third-order valence-corrected chi connectivity index (χ3v) is 4.06. The Morgan fingerprint density at radius 3 is 1.84 bits per heavy atom. The average molecular weight is 483 g/mol. The molecule has 0 saturated carbocycles. The molecule has 0 radical (unpaired) electrons. The summed E-state index contributed by atoms with van der Waals surface area (Å²) < 4.78 is 66.3. The smallest absolute Gasteiger partial charge is 2.00 e. The van der Waals surface area contributed by atoms with Gasteiger partial charge in [0.1, 0.15) is 0 Å². The zero-order valence-corrected chi connectivity index (χ0v) is 18.9. The van der Waals surface area contributed by atoms with Crippen LogP contribution in [0.5, 0.6) is 0 Å². The second-order valence-electron chi connectivity index (χ2n) is 6.98. The number of esters is 1. The summed E-state index contributed by atoms with van der Waals surface area (Å²) in [5.74, 6) is -2.57. The van der Waals surface area contributed by atoms with E-state index in [-0.39, 0.29) is 30.1 Å². The van der Waals surface area contributed by atoms with Crippen LogP contribution in [0.25, 0.3) is 0 Å². The topological polar surface area (TPSA) is 86.0 Å². The number of carbonyl (C=O) groups excluding carboxylic acids is 1. The molecule has 0 aromatic heterocycles. The predicted octanol–water partition coefficient (Wildman–Crippen LogP) is 5.11. The van der Waals surface area contributed by atoms with E-state index in [1.807, 2.05) is 51.1 Å².